The van der Waals surface area contributed by atoms with Crippen molar-refractivity contribution in [2.45, 2.75) is 13.3 Å². The fourth-order valence-corrected chi connectivity index (χ4v) is 3.21. The molecule has 0 aliphatic carbocycles. The summed E-state index contributed by atoms with van der Waals surface area (Å²) in [6.45, 7) is 2.01. The number of hydrogen-bond acceptors (Lipinski definition) is 6. The van der Waals surface area contributed by atoms with Crippen LogP contribution in [0, 0.1) is 5.41 Å². The summed E-state index contributed by atoms with van der Waals surface area (Å²) in [6, 6.07) is 4.71. The number of aromatic nitrogens is 3. The smallest absolute Gasteiger partial charge is 0.283 e. The highest BCUT2D eigenvalue weighted by molar-refractivity contribution is 7.11. The topological polar surface area (TPSA) is 104 Å². The highest BCUT2D eigenvalue weighted by atomic mass is 32.1. The molecule has 0 spiro atoms. The zero-order valence-electron chi connectivity index (χ0n) is 13.2. The van der Waals surface area contributed by atoms with Gasteiger partial charge in [-0.2, -0.15) is 4.98 Å². The van der Waals surface area contributed by atoms with Gasteiger partial charge in [-0.25, -0.2) is 4.68 Å². The average Bonchev–Trinajstić information content (AvgIpc) is 2.96. The normalized spacial score (nSPS) is 12.9. The van der Waals surface area contributed by atoms with Crippen molar-refractivity contribution in [2.24, 2.45) is 0 Å². The summed E-state index contributed by atoms with van der Waals surface area (Å²) >= 11 is 1.33. The van der Waals surface area contributed by atoms with Crippen LogP contribution in [-0.2, 0) is 0 Å². The van der Waals surface area contributed by atoms with Crippen molar-refractivity contribution in [3.8, 4) is 16.6 Å². The Balaban J connectivity index is 2.27. The Kier molecular flexibility index (Phi) is 4.22. The van der Waals surface area contributed by atoms with Gasteiger partial charge in [0.1, 0.15) is 4.66 Å². The van der Waals surface area contributed by atoms with Crippen molar-refractivity contribution in [1.29, 1.82) is 5.41 Å². The van der Waals surface area contributed by atoms with E-state index in [0.717, 1.165) is 11.1 Å². The largest absolute Gasteiger partial charge is 0.504 e. The van der Waals surface area contributed by atoms with E-state index in [2.05, 4.69) is 10.1 Å². The van der Waals surface area contributed by atoms with Crippen LogP contribution in [0.5, 0.6) is 11.5 Å². The summed E-state index contributed by atoms with van der Waals surface area (Å²) < 4.78 is 7.39. The third kappa shape index (κ3) is 2.83. The maximum atomic E-state index is 12.3. The Morgan fingerprint density at radius 1 is 1.50 bits per heavy atom. The second-order valence-corrected chi connectivity index (χ2v) is 6.07. The number of H-pyrrole nitrogens is 1. The number of nitrogens with zero attached hydrogens (tertiary/aromatic N) is 2. The SMILES string of the molecule is CCC=c1[nH]n2c(=N)/c(=C/c3ccc(O)c(OC)c3)c(=O)nc-2s1. The molecule has 3 rings (SSSR count). The summed E-state index contributed by atoms with van der Waals surface area (Å²) in [6.07, 6.45) is 4.37. The molecular weight excluding hydrogens is 328 g/mol. The van der Waals surface area contributed by atoms with Gasteiger partial charge in [0.05, 0.1) is 12.3 Å². The summed E-state index contributed by atoms with van der Waals surface area (Å²) in [7, 11) is 1.45. The molecule has 124 valence electrons. The lowest BCUT2D eigenvalue weighted by Gasteiger charge is -2.04. The quantitative estimate of drug-likeness (QED) is 0.634. The Morgan fingerprint density at radius 2 is 2.29 bits per heavy atom. The molecule has 8 heteroatoms. The van der Waals surface area contributed by atoms with E-state index in [1.54, 1.807) is 18.2 Å². The number of hydrogen-bond donors (Lipinski definition) is 3. The highest BCUT2D eigenvalue weighted by Crippen LogP contribution is 2.26. The van der Waals surface area contributed by atoms with Crippen molar-refractivity contribution >= 4 is 23.5 Å². The first-order chi connectivity index (χ1) is 11.5. The summed E-state index contributed by atoms with van der Waals surface area (Å²) in [5.41, 5.74) is 0.196. The number of aromatic amines is 1. The van der Waals surface area contributed by atoms with Gasteiger partial charge in [-0.05, 0) is 36.3 Å². The maximum absolute atomic E-state index is 12.3. The molecule has 0 radical (unpaired) electrons. The number of phenolic OH excluding ortho intramolecular Hbond substituents is 1. The minimum atomic E-state index is -0.467. The standard InChI is InChI=1S/C16H16N4O3S/c1-3-4-13-19-20-14(17)10(15(22)18-16(20)24-13)7-9-5-6-11(21)12(8-9)23-2/h4-8,17,19,21H,3H2,1-2H3/b10-7-,13-4?,17-14?. The van der Waals surface area contributed by atoms with E-state index in [0.29, 0.717) is 16.4 Å². The lowest BCUT2D eigenvalue weighted by molar-refractivity contribution is 0.373. The maximum Gasteiger partial charge on any atom is 0.283 e. The third-order valence-electron chi connectivity index (χ3n) is 3.43. The number of fused-ring (bicyclic) bond motifs is 1. The van der Waals surface area contributed by atoms with Crippen LogP contribution in [-0.4, -0.2) is 27.0 Å². The fraction of sp³-hybridized carbons (Fsp3) is 0.188. The molecule has 0 aromatic heterocycles. The molecule has 0 saturated carbocycles. The van der Waals surface area contributed by atoms with E-state index < -0.39 is 5.56 Å². The zero-order valence-corrected chi connectivity index (χ0v) is 14.0. The van der Waals surface area contributed by atoms with E-state index in [-0.39, 0.29) is 16.5 Å². The van der Waals surface area contributed by atoms with Gasteiger partial charge in [0.15, 0.2) is 17.0 Å². The Labute approximate surface area is 140 Å². The van der Waals surface area contributed by atoms with Crippen molar-refractivity contribution in [2.75, 3.05) is 7.11 Å². The highest BCUT2D eigenvalue weighted by Gasteiger charge is 2.10. The molecule has 2 aliphatic heterocycles. The van der Waals surface area contributed by atoms with Gasteiger partial charge >= 0.3 is 0 Å². The molecule has 3 N–H and O–H groups in total. The molecule has 1 aromatic rings. The Morgan fingerprint density at radius 3 is 3.00 bits per heavy atom. The van der Waals surface area contributed by atoms with Crippen molar-refractivity contribution in [3.05, 3.63) is 49.5 Å². The van der Waals surface area contributed by atoms with Crippen LogP contribution in [0.15, 0.2) is 23.0 Å². The minimum absolute atomic E-state index is 0.0111. The third-order valence-corrected chi connectivity index (χ3v) is 4.36. The number of ether oxygens (including phenoxy) is 1. The predicted octanol–water partition coefficient (Wildman–Crippen LogP) is 0.273. The minimum Gasteiger partial charge on any atom is -0.504 e. The second kappa shape index (κ2) is 6.32. The zero-order chi connectivity index (χ0) is 17.3. The number of nitrogens with one attached hydrogen (secondary N) is 2. The number of phenols is 1. The molecule has 1 aromatic carbocycles. The summed E-state index contributed by atoms with van der Waals surface area (Å²) in [5.74, 6) is 0.309. The van der Waals surface area contributed by atoms with Crippen LogP contribution in [0.25, 0.3) is 17.3 Å². The van der Waals surface area contributed by atoms with Crippen LogP contribution in [0.3, 0.4) is 0 Å². The van der Waals surface area contributed by atoms with Gasteiger partial charge in [-0.3, -0.25) is 15.3 Å². The van der Waals surface area contributed by atoms with Crippen molar-refractivity contribution < 1.29 is 9.84 Å². The van der Waals surface area contributed by atoms with Crippen LogP contribution < -0.4 is 25.7 Å². The van der Waals surface area contributed by atoms with Crippen LogP contribution in [0.1, 0.15) is 18.9 Å². The molecule has 0 saturated heterocycles. The number of aromatic hydroxyl groups is 1. The monoisotopic (exact) mass is 344 g/mol. The Hall–Kier alpha value is -2.87. The molecule has 0 unspecified atom stereocenters. The molecule has 0 bridgehead atoms. The van der Waals surface area contributed by atoms with Gasteiger partial charge < -0.3 is 9.84 Å². The van der Waals surface area contributed by atoms with Crippen LogP contribution in [0.4, 0.5) is 0 Å². The molecule has 0 amide bonds. The van der Waals surface area contributed by atoms with Gasteiger partial charge in [0, 0.05) is 0 Å². The first kappa shape index (κ1) is 16.0. The lowest BCUT2D eigenvalue weighted by atomic mass is 10.1. The van der Waals surface area contributed by atoms with Crippen LogP contribution >= 0.6 is 11.3 Å². The molecule has 0 atom stereocenters. The van der Waals surface area contributed by atoms with Gasteiger partial charge in [-0.15, -0.1) is 0 Å². The molecule has 0 fully saturated rings. The summed E-state index contributed by atoms with van der Waals surface area (Å²) in [4.78, 5) is 16.3. The lowest BCUT2D eigenvalue weighted by Crippen LogP contribution is -2.47. The van der Waals surface area contributed by atoms with E-state index in [4.69, 9.17) is 10.1 Å². The molecular formula is C16H16N4O3S. The van der Waals surface area contributed by atoms with E-state index in [1.807, 2.05) is 13.0 Å². The van der Waals surface area contributed by atoms with Gasteiger partial charge in [-0.1, -0.05) is 24.3 Å². The number of rotatable bonds is 3. The van der Waals surface area contributed by atoms with Gasteiger partial charge in [0.2, 0.25) is 5.13 Å². The van der Waals surface area contributed by atoms with Crippen LogP contribution in [0.2, 0.25) is 0 Å². The number of methoxy groups -OCH3 is 1. The Bertz CT molecular complexity index is 1090. The first-order valence-corrected chi connectivity index (χ1v) is 8.10. The van der Waals surface area contributed by atoms with E-state index in [9.17, 15) is 9.90 Å². The molecule has 24 heavy (non-hydrogen) atoms. The second-order valence-electron chi connectivity index (χ2n) is 5.06. The predicted molar refractivity (Wildman–Crippen MR) is 91.3 cm³/mol. The van der Waals surface area contributed by atoms with Crippen molar-refractivity contribution in [3.63, 3.8) is 0 Å². The average molecular weight is 344 g/mol. The number of benzene rings is 1. The summed E-state index contributed by atoms with van der Waals surface area (Å²) in [5, 5.41) is 21.6. The van der Waals surface area contributed by atoms with E-state index in [1.165, 1.54) is 29.2 Å². The molecule has 2 heterocycles. The fourth-order valence-electron chi connectivity index (χ4n) is 2.27. The molecule has 7 nitrogen and oxygen atoms in total. The first-order valence-electron chi connectivity index (χ1n) is 7.29. The molecule has 2 aliphatic rings. The van der Waals surface area contributed by atoms with Gasteiger partial charge in [0.25, 0.3) is 5.56 Å². The van der Waals surface area contributed by atoms with E-state index >= 15 is 0 Å². The van der Waals surface area contributed by atoms with Crippen molar-refractivity contribution in [1.82, 2.24) is 14.8 Å².